The maximum atomic E-state index is 11.2. The number of aliphatic hydroxyl groups excluding tert-OH is 2. The van der Waals surface area contributed by atoms with Gasteiger partial charge in [-0.3, -0.25) is 4.79 Å². The van der Waals surface area contributed by atoms with E-state index in [1.165, 1.54) is 0 Å². The van der Waals surface area contributed by atoms with E-state index < -0.39 is 27.0 Å². The first kappa shape index (κ1) is 13.6. The van der Waals surface area contributed by atoms with E-state index in [9.17, 15) is 4.79 Å². The summed E-state index contributed by atoms with van der Waals surface area (Å²) in [5.41, 5.74) is 0. The van der Waals surface area contributed by atoms with E-state index in [-0.39, 0.29) is 5.04 Å². The van der Waals surface area contributed by atoms with Gasteiger partial charge in [-0.15, -0.1) is 0 Å². The second-order valence-corrected chi connectivity index (χ2v) is 9.60. The van der Waals surface area contributed by atoms with E-state index >= 15 is 0 Å². The Hall–Kier alpha value is -0.393. The van der Waals surface area contributed by atoms with Crippen LogP contribution < -0.4 is 0 Å². The van der Waals surface area contributed by atoms with Crippen molar-refractivity contribution in [3.05, 3.63) is 0 Å². The molecule has 0 saturated heterocycles. The molecule has 0 aromatic rings. The first-order valence-electron chi connectivity index (χ1n) is 4.63. The van der Waals surface area contributed by atoms with Crippen LogP contribution in [0.3, 0.4) is 0 Å². The summed E-state index contributed by atoms with van der Waals surface area (Å²) in [6.07, 6.45) is -1.41. The van der Waals surface area contributed by atoms with Crippen LogP contribution in [0.4, 0.5) is 0 Å². The fourth-order valence-electron chi connectivity index (χ4n) is 0.547. The molecule has 0 saturated carbocycles. The Bertz CT molecular complexity index is 207. The van der Waals surface area contributed by atoms with Gasteiger partial charge in [0, 0.05) is 0 Å². The third-order valence-electron chi connectivity index (χ3n) is 2.61. The zero-order valence-electron chi connectivity index (χ0n) is 9.50. The highest BCUT2D eigenvalue weighted by Crippen LogP contribution is 2.36. The van der Waals surface area contributed by atoms with Crippen molar-refractivity contribution in [3.8, 4) is 0 Å². The van der Waals surface area contributed by atoms with Gasteiger partial charge in [-0.25, -0.2) is 0 Å². The fourth-order valence-corrected chi connectivity index (χ4v) is 1.49. The average Bonchev–Trinajstić information content (AvgIpc) is 2.00. The lowest BCUT2D eigenvalue weighted by molar-refractivity contribution is -0.146. The molecule has 0 spiro atoms. The molecule has 84 valence electrons. The number of carbonyl (C=O) groups is 1. The van der Waals surface area contributed by atoms with Gasteiger partial charge >= 0.3 is 5.97 Å². The van der Waals surface area contributed by atoms with Crippen LogP contribution in [0.1, 0.15) is 20.8 Å². The molecule has 14 heavy (non-hydrogen) atoms. The minimum Gasteiger partial charge on any atom is -0.517 e. The normalized spacial score (nSPS) is 15.1. The molecule has 2 N–H and O–H groups in total. The second-order valence-electron chi connectivity index (χ2n) is 4.88. The molecular weight excluding hydrogens is 200 g/mol. The van der Waals surface area contributed by atoms with E-state index in [0.717, 1.165) is 0 Å². The van der Waals surface area contributed by atoms with E-state index in [2.05, 4.69) is 0 Å². The van der Waals surface area contributed by atoms with Crippen LogP contribution in [0, 0.1) is 0 Å². The lowest BCUT2D eigenvalue weighted by Crippen LogP contribution is -2.45. The van der Waals surface area contributed by atoms with Crippen molar-refractivity contribution in [2.24, 2.45) is 0 Å². The smallest absolute Gasteiger partial charge is 0.324 e. The molecule has 0 rings (SSSR count). The molecule has 0 radical (unpaired) electrons. The summed E-state index contributed by atoms with van der Waals surface area (Å²) in [7, 11) is -2.17. The topological polar surface area (TPSA) is 66.8 Å². The van der Waals surface area contributed by atoms with E-state index in [1.54, 1.807) is 0 Å². The predicted octanol–water partition coefficient (Wildman–Crippen LogP) is 0.888. The molecule has 0 aliphatic heterocycles. The zero-order valence-corrected chi connectivity index (χ0v) is 10.5. The molecule has 5 heteroatoms. The molecule has 0 amide bonds. The van der Waals surface area contributed by atoms with Crippen LogP contribution in [-0.4, -0.2) is 37.2 Å². The van der Waals surface area contributed by atoms with Gasteiger partial charge in [0.05, 0.1) is 6.61 Å². The molecule has 1 unspecified atom stereocenters. The zero-order chi connectivity index (χ0) is 11.6. The Morgan fingerprint density at radius 2 is 1.86 bits per heavy atom. The van der Waals surface area contributed by atoms with Crippen LogP contribution in [0.2, 0.25) is 18.1 Å². The first-order chi connectivity index (χ1) is 6.12. The Kier molecular flexibility index (Phi) is 4.29. The summed E-state index contributed by atoms with van der Waals surface area (Å²) in [5, 5.41) is 17.5. The number of rotatable bonds is 3. The Labute approximate surface area is 86.0 Å². The van der Waals surface area contributed by atoms with Crippen molar-refractivity contribution in [1.82, 2.24) is 0 Å². The van der Waals surface area contributed by atoms with Gasteiger partial charge in [0.25, 0.3) is 8.32 Å². The third kappa shape index (κ3) is 3.40. The highest BCUT2D eigenvalue weighted by Gasteiger charge is 2.41. The van der Waals surface area contributed by atoms with Crippen LogP contribution in [0.5, 0.6) is 0 Å². The fraction of sp³-hybridized carbons (Fsp3) is 0.889. The van der Waals surface area contributed by atoms with Crippen molar-refractivity contribution < 1.29 is 19.4 Å². The largest absolute Gasteiger partial charge is 0.517 e. The minimum absolute atomic E-state index is 0.0855. The number of carbonyl (C=O) groups excluding carboxylic acids is 1. The summed E-state index contributed by atoms with van der Waals surface area (Å²) in [4.78, 5) is 11.2. The molecule has 0 aromatic carbocycles. The summed E-state index contributed by atoms with van der Waals surface area (Å²) in [6, 6.07) is 0. The van der Waals surface area contributed by atoms with Crippen LogP contribution >= 0.6 is 0 Å². The van der Waals surface area contributed by atoms with Crippen molar-refractivity contribution in [2.45, 2.75) is 45.0 Å². The number of hydrogen-bond donors (Lipinski definition) is 2. The van der Waals surface area contributed by atoms with Crippen LogP contribution in [0.25, 0.3) is 0 Å². The standard InChI is InChI=1S/C9H20O4Si/c1-9(2,3)14(4,5)13-8(12)7(11)6-10/h7,10-11H,6H2,1-5H3. The van der Waals surface area contributed by atoms with Gasteiger partial charge in [-0.1, -0.05) is 20.8 Å². The lowest BCUT2D eigenvalue weighted by atomic mass is 10.2. The first-order valence-corrected chi connectivity index (χ1v) is 7.54. The second kappa shape index (κ2) is 4.42. The molecule has 4 nitrogen and oxygen atoms in total. The van der Waals surface area contributed by atoms with Crippen molar-refractivity contribution in [1.29, 1.82) is 0 Å². The van der Waals surface area contributed by atoms with Crippen LogP contribution in [-0.2, 0) is 9.22 Å². The lowest BCUT2D eigenvalue weighted by Gasteiger charge is -2.35. The van der Waals surface area contributed by atoms with Crippen molar-refractivity contribution in [2.75, 3.05) is 6.61 Å². The molecule has 1 atom stereocenters. The van der Waals surface area contributed by atoms with E-state index in [1.807, 2.05) is 33.9 Å². The Morgan fingerprint density at radius 3 is 2.14 bits per heavy atom. The third-order valence-corrected chi connectivity index (χ3v) is 6.93. The molecule has 0 heterocycles. The van der Waals surface area contributed by atoms with Crippen LogP contribution in [0.15, 0.2) is 0 Å². The minimum atomic E-state index is -2.17. The monoisotopic (exact) mass is 220 g/mol. The quantitative estimate of drug-likeness (QED) is 0.693. The number of hydrogen-bond acceptors (Lipinski definition) is 4. The molecule has 0 fully saturated rings. The van der Waals surface area contributed by atoms with Crippen molar-refractivity contribution >= 4 is 14.3 Å². The maximum Gasteiger partial charge on any atom is 0.324 e. The molecule has 0 aromatic heterocycles. The van der Waals surface area contributed by atoms with Gasteiger partial charge in [0.15, 0.2) is 6.10 Å². The molecule has 0 aliphatic rings. The van der Waals surface area contributed by atoms with Crippen molar-refractivity contribution in [3.63, 3.8) is 0 Å². The summed E-state index contributed by atoms with van der Waals surface area (Å²) in [6.45, 7) is 9.23. The summed E-state index contributed by atoms with van der Waals surface area (Å²) in [5.74, 6) is -0.723. The predicted molar refractivity (Wildman–Crippen MR) is 56.4 cm³/mol. The Morgan fingerprint density at radius 1 is 1.43 bits per heavy atom. The van der Waals surface area contributed by atoms with Gasteiger partial charge in [0.2, 0.25) is 0 Å². The highest BCUT2D eigenvalue weighted by atomic mass is 28.4. The van der Waals surface area contributed by atoms with Gasteiger partial charge in [-0.2, -0.15) is 0 Å². The highest BCUT2D eigenvalue weighted by molar-refractivity contribution is 6.75. The molecule has 0 bridgehead atoms. The van der Waals surface area contributed by atoms with E-state index in [4.69, 9.17) is 14.6 Å². The molecular formula is C9H20O4Si. The average molecular weight is 220 g/mol. The van der Waals surface area contributed by atoms with Gasteiger partial charge in [0.1, 0.15) is 0 Å². The van der Waals surface area contributed by atoms with E-state index in [0.29, 0.717) is 0 Å². The Balaban J connectivity index is 4.45. The van der Waals surface area contributed by atoms with Gasteiger partial charge < -0.3 is 14.6 Å². The molecule has 0 aliphatic carbocycles. The van der Waals surface area contributed by atoms with Gasteiger partial charge in [-0.05, 0) is 18.1 Å². The summed E-state index contributed by atoms with van der Waals surface area (Å²) < 4.78 is 5.24. The maximum absolute atomic E-state index is 11.2. The SMILES string of the molecule is CC(C)(C)[Si](C)(C)OC(=O)C(O)CO. The number of aliphatic hydroxyl groups is 2. The summed E-state index contributed by atoms with van der Waals surface area (Å²) >= 11 is 0.